The van der Waals surface area contributed by atoms with Gasteiger partial charge in [-0.3, -0.25) is 4.79 Å². The van der Waals surface area contributed by atoms with Gasteiger partial charge in [0.25, 0.3) is 0 Å². The summed E-state index contributed by atoms with van der Waals surface area (Å²) in [5.41, 5.74) is 0. The number of amides is 1. The zero-order valence-electron chi connectivity index (χ0n) is 10.0. The molecule has 2 aromatic heterocycles. The highest BCUT2D eigenvalue weighted by Gasteiger charge is 2.16. The molecule has 5 nitrogen and oxygen atoms in total. The van der Waals surface area contributed by atoms with Crippen molar-refractivity contribution in [3.63, 3.8) is 0 Å². The van der Waals surface area contributed by atoms with Gasteiger partial charge in [-0.2, -0.15) is 0 Å². The number of aryl methyl sites for hydroxylation is 1. The van der Waals surface area contributed by atoms with Crippen LogP contribution in [-0.2, 0) is 11.3 Å². The van der Waals surface area contributed by atoms with E-state index in [9.17, 15) is 4.79 Å². The predicted molar refractivity (Wildman–Crippen MR) is 70.5 cm³/mol. The van der Waals surface area contributed by atoms with E-state index < -0.39 is 0 Å². The third kappa shape index (κ3) is 3.58. The van der Waals surface area contributed by atoms with Crippen molar-refractivity contribution >= 4 is 29.0 Å². The Bertz CT molecular complexity index is 510. The number of aromatic nitrogens is 2. The highest BCUT2D eigenvalue weighted by atomic mass is 32.2. The van der Waals surface area contributed by atoms with Crippen LogP contribution in [0.25, 0.3) is 0 Å². The molecule has 0 saturated carbocycles. The molecule has 2 heterocycles. The fraction of sp³-hybridized carbons (Fsp3) is 0.364. The van der Waals surface area contributed by atoms with Gasteiger partial charge in [-0.15, -0.1) is 10.2 Å². The largest absolute Gasteiger partial charge is 0.467 e. The van der Waals surface area contributed by atoms with Gasteiger partial charge in [0.2, 0.25) is 5.91 Å². The van der Waals surface area contributed by atoms with E-state index in [0.717, 1.165) is 15.1 Å². The van der Waals surface area contributed by atoms with Gasteiger partial charge < -0.3 is 9.73 Å². The van der Waals surface area contributed by atoms with Crippen molar-refractivity contribution in [1.82, 2.24) is 15.5 Å². The lowest BCUT2D eigenvalue weighted by Crippen LogP contribution is -2.30. The van der Waals surface area contributed by atoms with Crippen molar-refractivity contribution in [1.29, 1.82) is 0 Å². The molecule has 0 bridgehead atoms. The second kappa shape index (κ2) is 6.01. The van der Waals surface area contributed by atoms with E-state index in [-0.39, 0.29) is 11.2 Å². The molecule has 1 N–H and O–H groups in total. The van der Waals surface area contributed by atoms with Gasteiger partial charge in [-0.25, -0.2) is 0 Å². The summed E-state index contributed by atoms with van der Waals surface area (Å²) in [4.78, 5) is 11.8. The highest BCUT2D eigenvalue weighted by molar-refractivity contribution is 8.02. The summed E-state index contributed by atoms with van der Waals surface area (Å²) in [5.74, 6) is 0.705. The fourth-order valence-corrected chi connectivity index (χ4v) is 3.25. The van der Waals surface area contributed by atoms with Gasteiger partial charge >= 0.3 is 0 Å². The van der Waals surface area contributed by atoms with Crippen molar-refractivity contribution in [3.05, 3.63) is 29.2 Å². The first-order valence-corrected chi connectivity index (χ1v) is 7.11. The standard InChI is InChI=1S/C11H13N3O2S2/c1-7(17-11-14-13-8(2)18-11)10(15)12-6-9-4-3-5-16-9/h3-5,7H,6H2,1-2H3,(H,12,15)/t7-/m0/s1. The van der Waals surface area contributed by atoms with Crippen molar-refractivity contribution in [2.24, 2.45) is 0 Å². The third-order valence-electron chi connectivity index (χ3n) is 2.17. The normalized spacial score (nSPS) is 12.3. The fourth-order valence-electron chi connectivity index (χ4n) is 1.26. The summed E-state index contributed by atoms with van der Waals surface area (Å²) in [6.45, 7) is 4.15. The van der Waals surface area contributed by atoms with Gasteiger partial charge in [0.1, 0.15) is 10.8 Å². The minimum Gasteiger partial charge on any atom is -0.467 e. The van der Waals surface area contributed by atoms with Crippen LogP contribution in [0.2, 0.25) is 0 Å². The lowest BCUT2D eigenvalue weighted by Gasteiger charge is -2.08. The Morgan fingerprint density at radius 1 is 1.61 bits per heavy atom. The zero-order chi connectivity index (χ0) is 13.0. The van der Waals surface area contributed by atoms with Crippen LogP contribution in [0.1, 0.15) is 17.7 Å². The van der Waals surface area contributed by atoms with Gasteiger partial charge in [-0.1, -0.05) is 23.1 Å². The van der Waals surface area contributed by atoms with Crippen LogP contribution >= 0.6 is 23.1 Å². The maximum atomic E-state index is 11.8. The molecule has 0 radical (unpaired) electrons. The van der Waals surface area contributed by atoms with E-state index in [1.165, 1.54) is 23.1 Å². The number of hydrogen-bond donors (Lipinski definition) is 1. The van der Waals surface area contributed by atoms with E-state index in [0.29, 0.717) is 6.54 Å². The first kappa shape index (κ1) is 13.1. The van der Waals surface area contributed by atoms with Gasteiger partial charge in [0, 0.05) is 0 Å². The highest BCUT2D eigenvalue weighted by Crippen LogP contribution is 2.26. The molecule has 0 saturated heterocycles. The summed E-state index contributed by atoms with van der Waals surface area (Å²) in [6.07, 6.45) is 1.59. The number of thioether (sulfide) groups is 1. The van der Waals surface area contributed by atoms with Crippen molar-refractivity contribution in [2.45, 2.75) is 30.0 Å². The lowest BCUT2D eigenvalue weighted by atomic mass is 10.4. The summed E-state index contributed by atoms with van der Waals surface area (Å²) >= 11 is 2.90. The number of nitrogens with zero attached hydrogens (tertiary/aromatic N) is 2. The SMILES string of the molecule is Cc1nnc(S[C@@H](C)C(=O)NCc2ccco2)s1. The molecule has 0 fully saturated rings. The third-order valence-corrected chi connectivity index (χ3v) is 4.19. The Kier molecular flexibility index (Phi) is 4.38. The van der Waals surface area contributed by atoms with Crippen LogP contribution in [0, 0.1) is 6.92 Å². The number of carbonyl (C=O) groups is 1. The number of nitrogens with one attached hydrogen (secondary N) is 1. The molecule has 0 aliphatic carbocycles. The van der Waals surface area contributed by atoms with E-state index in [1.54, 1.807) is 12.3 Å². The summed E-state index contributed by atoms with van der Waals surface area (Å²) in [7, 11) is 0. The molecule has 18 heavy (non-hydrogen) atoms. The van der Waals surface area contributed by atoms with Crippen LogP contribution in [0.3, 0.4) is 0 Å². The first-order valence-electron chi connectivity index (χ1n) is 5.42. The second-order valence-corrected chi connectivity index (χ2v) is 6.41. The maximum Gasteiger partial charge on any atom is 0.233 e. The van der Waals surface area contributed by atoms with Crippen LogP contribution in [-0.4, -0.2) is 21.4 Å². The Labute approximate surface area is 113 Å². The summed E-state index contributed by atoms with van der Waals surface area (Å²) in [5, 5.41) is 11.4. The molecular weight excluding hydrogens is 270 g/mol. The molecule has 7 heteroatoms. The molecular formula is C11H13N3O2S2. The molecule has 0 aliphatic rings. The second-order valence-electron chi connectivity index (χ2n) is 3.64. The monoisotopic (exact) mass is 283 g/mol. The summed E-state index contributed by atoms with van der Waals surface area (Å²) < 4.78 is 5.96. The smallest absolute Gasteiger partial charge is 0.233 e. The van der Waals surface area contributed by atoms with Gasteiger partial charge in [0.15, 0.2) is 4.34 Å². The van der Waals surface area contributed by atoms with Crippen molar-refractivity contribution in [3.8, 4) is 0 Å². The topological polar surface area (TPSA) is 68.0 Å². The Morgan fingerprint density at radius 2 is 2.44 bits per heavy atom. The Balaban J connectivity index is 1.81. The van der Waals surface area contributed by atoms with E-state index in [4.69, 9.17) is 4.42 Å². The van der Waals surface area contributed by atoms with Gasteiger partial charge in [-0.05, 0) is 26.0 Å². The van der Waals surface area contributed by atoms with Gasteiger partial charge in [0.05, 0.1) is 18.1 Å². The van der Waals surface area contributed by atoms with Crippen LogP contribution in [0.4, 0.5) is 0 Å². The zero-order valence-corrected chi connectivity index (χ0v) is 11.7. The average Bonchev–Trinajstić information content (AvgIpc) is 2.97. The molecule has 0 unspecified atom stereocenters. The van der Waals surface area contributed by atoms with Crippen molar-refractivity contribution < 1.29 is 9.21 Å². The summed E-state index contributed by atoms with van der Waals surface area (Å²) in [6, 6.07) is 3.62. The van der Waals surface area contributed by atoms with Crippen molar-refractivity contribution in [2.75, 3.05) is 0 Å². The maximum absolute atomic E-state index is 11.8. The average molecular weight is 283 g/mol. The molecule has 2 rings (SSSR count). The van der Waals surface area contributed by atoms with E-state index >= 15 is 0 Å². The van der Waals surface area contributed by atoms with E-state index in [2.05, 4.69) is 15.5 Å². The molecule has 0 aromatic carbocycles. The van der Waals surface area contributed by atoms with Crippen LogP contribution < -0.4 is 5.32 Å². The molecule has 96 valence electrons. The number of furan rings is 1. The van der Waals surface area contributed by atoms with Crippen LogP contribution in [0.5, 0.6) is 0 Å². The minimum atomic E-state index is -0.202. The van der Waals surface area contributed by atoms with Crippen LogP contribution in [0.15, 0.2) is 27.2 Å². The number of hydrogen-bond acceptors (Lipinski definition) is 6. The first-order chi connectivity index (χ1) is 8.65. The quantitative estimate of drug-likeness (QED) is 0.852. The predicted octanol–water partition coefficient (Wildman–Crippen LogP) is 2.24. The molecule has 0 spiro atoms. The molecule has 1 atom stereocenters. The molecule has 0 aliphatic heterocycles. The minimum absolute atomic E-state index is 0.0377. The molecule has 2 aromatic rings. The van der Waals surface area contributed by atoms with E-state index in [1.807, 2.05) is 19.9 Å². The number of carbonyl (C=O) groups excluding carboxylic acids is 1. The Hall–Kier alpha value is -1.34. The lowest BCUT2D eigenvalue weighted by molar-refractivity contribution is -0.120. The number of rotatable bonds is 5. The Morgan fingerprint density at radius 3 is 3.06 bits per heavy atom. The molecule has 1 amide bonds.